The molecule has 0 aliphatic carbocycles. The minimum atomic E-state index is -0.184. The Kier molecular flexibility index (Phi) is 6.75. The van der Waals surface area contributed by atoms with Gasteiger partial charge in [0.2, 0.25) is 0 Å². The minimum absolute atomic E-state index is 0.0357. The number of aryl methyl sites for hydroxylation is 1. The summed E-state index contributed by atoms with van der Waals surface area (Å²) in [6.07, 6.45) is 2.50. The van der Waals surface area contributed by atoms with Crippen LogP contribution in [0.15, 0.2) is 42.5 Å². The number of nitrogens with one attached hydrogen (secondary N) is 1. The third-order valence-corrected chi connectivity index (χ3v) is 6.55. The van der Waals surface area contributed by atoms with Crippen molar-refractivity contribution in [3.05, 3.63) is 53.9 Å². The van der Waals surface area contributed by atoms with Crippen LogP contribution in [0.5, 0.6) is 5.75 Å². The first kappa shape index (κ1) is 23.3. The van der Waals surface area contributed by atoms with Crippen LogP contribution in [0.25, 0.3) is 11.0 Å². The molecule has 2 heterocycles. The van der Waals surface area contributed by atoms with Crippen molar-refractivity contribution in [3.8, 4) is 5.75 Å². The first-order valence-corrected chi connectivity index (χ1v) is 11.9. The van der Waals surface area contributed by atoms with E-state index in [0.29, 0.717) is 0 Å². The molecule has 0 unspecified atom stereocenters. The van der Waals surface area contributed by atoms with E-state index in [9.17, 15) is 4.79 Å². The molecule has 1 aromatic heterocycles. The van der Waals surface area contributed by atoms with Crippen molar-refractivity contribution in [1.29, 1.82) is 0 Å². The number of imidazole rings is 1. The molecule has 1 aliphatic rings. The van der Waals surface area contributed by atoms with Crippen LogP contribution in [0, 0.1) is 5.92 Å². The highest BCUT2D eigenvalue weighted by Gasteiger charge is 2.20. The van der Waals surface area contributed by atoms with Gasteiger partial charge < -0.3 is 14.6 Å². The van der Waals surface area contributed by atoms with Gasteiger partial charge in [-0.2, -0.15) is 0 Å². The lowest BCUT2D eigenvalue weighted by atomic mass is 9.86. The number of aromatic nitrogens is 2. The average molecular weight is 449 g/mol. The normalized spacial score (nSPS) is 15.7. The van der Waals surface area contributed by atoms with Gasteiger partial charge in [-0.25, -0.2) is 4.98 Å². The number of fused-ring (bicyclic) bond motifs is 1. The Morgan fingerprint density at radius 2 is 1.88 bits per heavy atom. The molecule has 3 aromatic rings. The van der Waals surface area contributed by atoms with Gasteiger partial charge in [-0.3, -0.25) is 9.69 Å². The van der Waals surface area contributed by atoms with Gasteiger partial charge in [0, 0.05) is 12.7 Å². The average Bonchev–Trinajstić information content (AvgIpc) is 3.08. The summed E-state index contributed by atoms with van der Waals surface area (Å²) in [4.78, 5) is 19.9. The molecule has 1 fully saturated rings. The van der Waals surface area contributed by atoms with Gasteiger partial charge in [0.15, 0.2) is 6.61 Å². The highest BCUT2D eigenvalue weighted by atomic mass is 16.5. The second kappa shape index (κ2) is 9.56. The molecule has 6 heteroatoms. The lowest BCUT2D eigenvalue weighted by molar-refractivity contribution is -0.118. The SMILES string of the molecule is CC1CCN(Cc2nc3cc(NC(=O)COc4ccccc4C(C)(C)C)ccc3n2C)CC1. The van der Waals surface area contributed by atoms with Crippen LogP contribution >= 0.6 is 0 Å². The molecule has 6 nitrogen and oxygen atoms in total. The van der Waals surface area contributed by atoms with E-state index in [4.69, 9.17) is 9.72 Å². The van der Waals surface area contributed by atoms with E-state index in [-0.39, 0.29) is 17.9 Å². The quantitative estimate of drug-likeness (QED) is 0.569. The number of carbonyl (C=O) groups is 1. The number of likely N-dealkylation sites (tertiary alicyclic amines) is 1. The lowest BCUT2D eigenvalue weighted by Crippen LogP contribution is -2.33. The topological polar surface area (TPSA) is 59.4 Å². The number of carbonyl (C=O) groups excluding carboxylic acids is 1. The van der Waals surface area contributed by atoms with Crippen LogP contribution in [0.2, 0.25) is 0 Å². The van der Waals surface area contributed by atoms with E-state index in [1.165, 1.54) is 12.8 Å². The summed E-state index contributed by atoms with van der Waals surface area (Å²) in [5, 5.41) is 2.95. The zero-order valence-corrected chi connectivity index (χ0v) is 20.5. The van der Waals surface area contributed by atoms with Crippen molar-refractivity contribution >= 4 is 22.6 Å². The van der Waals surface area contributed by atoms with E-state index >= 15 is 0 Å². The summed E-state index contributed by atoms with van der Waals surface area (Å²) >= 11 is 0. The van der Waals surface area contributed by atoms with Crippen molar-refractivity contribution in [1.82, 2.24) is 14.5 Å². The summed E-state index contributed by atoms with van der Waals surface area (Å²) in [5.74, 6) is 2.44. The number of piperidine rings is 1. The van der Waals surface area contributed by atoms with E-state index in [0.717, 1.165) is 59.4 Å². The second-order valence-electron chi connectivity index (χ2n) is 10.3. The van der Waals surface area contributed by atoms with Crippen LogP contribution in [0.1, 0.15) is 51.9 Å². The zero-order valence-electron chi connectivity index (χ0n) is 20.5. The summed E-state index contributed by atoms with van der Waals surface area (Å²) in [7, 11) is 2.07. The van der Waals surface area contributed by atoms with Gasteiger partial charge >= 0.3 is 0 Å². The third-order valence-electron chi connectivity index (χ3n) is 6.55. The maximum absolute atomic E-state index is 12.6. The van der Waals surface area contributed by atoms with Gasteiger partial charge in [0.05, 0.1) is 17.6 Å². The minimum Gasteiger partial charge on any atom is -0.483 e. The second-order valence-corrected chi connectivity index (χ2v) is 10.3. The Bertz CT molecular complexity index is 1120. The number of hydrogen-bond donors (Lipinski definition) is 1. The number of ether oxygens (including phenoxy) is 1. The molecule has 0 bridgehead atoms. The van der Waals surface area contributed by atoms with Gasteiger partial charge in [-0.15, -0.1) is 0 Å². The molecule has 0 spiro atoms. The van der Waals surface area contributed by atoms with Crippen molar-refractivity contribution in [3.63, 3.8) is 0 Å². The number of rotatable bonds is 6. The number of amides is 1. The smallest absolute Gasteiger partial charge is 0.262 e. The van der Waals surface area contributed by atoms with Crippen molar-refractivity contribution < 1.29 is 9.53 Å². The lowest BCUT2D eigenvalue weighted by Gasteiger charge is -2.29. The first-order chi connectivity index (χ1) is 15.7. The molecule has 1 amide bonds. The van der Waals surface area contributed by atoms with Gasteiger partial charge in [-0.1, -0.05) is 45.9 Å². The molecule has 2 aromatic carbocycles. The summed E-state index contributed by atoms with van der Waals surface area (Å²) in [6.45, 7) is 11.8. The Hall–Kier alpha value is -2.86. The molecular formula is C27H36N4O2. The fraction of sp³-hybridized carbons (Fsp3) is 0.481. The van der Waals surface area contributed by atoms with E-state index < -0.39 is 0 Å². The molecule has 0 saturated carbocycles. The Morgan fingerprint density at radius 3 is 2.61 bits per heavy atom. The van der Waals surface area contributed by atoms with E-state index in [1.54, 1.807) is 0 Å². The van der Waals surface area contributed by atoms with Gasteiger partial charge in [0.1, 0.15) is 11.6 Å². The number of para-hydroxylation sites is 1. The molecule has 1 saturated heterocycles. The zero-order chi connectivity index (χ0) is 23.6. The number of hydrogen-bond acceptors (Lipinski definition) is 4. The Labute approximate surface area is 196 Å². The predicted octanol–water partition coefficient (Wildman–Crippen LogP) is 5.12. The van der Waals surface area contributed by atoms with E-state index in [2.05, 4.69) is 49.5 Å². The van der Waals surface area contributed by atoms with Crippen molar-refractivity contribution in [2.45, 2.75) is 52.5 Å². The molecule has 4 rings (SSSR count). The fourth-order valence-corrected chi connectivity index (χ4v) is 4.44. The molecule has 0 atom stereocenters. The van der Waals surface area contributed by atoms with Gasteiger partial charge in [0.25, 0.3) is 5.91 Å². The molecule has 176 valence electrons. The predicted molar refractivity (Wildman–Crippen MR) is 134 cm³/mol. The van der Waals surface area contributed by atoms with Crippen molar-refractivity contribution in [2.75, 3.05) is 25.0 Å². The largest absolute Gasteiger partial charge is 0.483 e. The summed E-state index contributed by atoms with van der Waals surface area (Å²) < 4.78 is 8.02. The third kappa shape index (κ3) is 5.56. The molecule has 0 radical (unpaired) electrons. The number of benzene rings is 2. The van der Waals surface area contributed by atoms with Crippen LogP contribution in [0.4, 0.5) is 5.69 Å². The molecule has 1 aliphatic heterocycles. The standard InChI is InChI=1S/C27H36N4O2/c1-19-12-14-31(15-13-19)17-25-29-22-16-20(10-11-23(22)30(25)5)28-26(32)18-33-24-9-7-6-8-21(24)27(2,3)4/h6-11,16,19H,12-15,17-18H2,1-5H3,(H,28,32). The maximum atomic E-state index is 12.6. The first-order valence-electron chi connectivity index (χ1n) is 11.9. The Morgan fingerprint density at radius 1 is 1.15 bits per heavy atom. The van der Waals surface area contributed by atoms with Crippen LogP contribution < -0.4 is 10.1 Å². The summed E-state index contributed by atoms with van der Waals surface area (Å²) in [6, 6.07) is 13.8. The van der Waals surface area contributed by atoms with Crippen molar-refractivity contribution in [2.24, 2.45) is 13.0 Å². The molecule has 1 N–H and O–H groups in total. The van der Waals surface area contributed by atoms with Crippen LogP contribution in [-0.2, 0) is 23.8 Å². The molecule has 33 heavy (non-hydrogen) atoms. The highest BCUT2D eigenvalue weighted by molar-refractivity contribution is 5.94. The number of nitrogens with zero attached hydrogens (tertiary/aromatic N) is 3. The van der Waals surface area contributed by atoms with Gasteiger partial charge in [-0.05, 0) is 67.1 Å². The van der Waals surface area contributed by atoms with Crippen LogP contribution in [0.3, 0.4) is 0 Å². The van der Waals surface area contributed by atoms with Crippen LogP contribution in [-0.4, -0.2) is 40.1 Å². The monoisotopic (exact) mass is 448 g/mol. The fourth-order valence-electron chi connectivity index (χ4n) is 4.44. The number of anilines is 1. The van der Waals surface area contributed by atoms with E-state index in [1.807, 2.05) is 42.5 Å². The molecular weight excluding hydrogens is 412 g/mol. The Balaban J connectivity index is 1.40. The highest BCUT2D eigenvalue weighted by Crippen LogP contribution is 2.31. The maximum Gasteiger partial charge on any atom is 0.262 e. The summed E-state index contributed by atoms with van der Waals surface area (Å²) in [5.41, 5.74) is 3.74.